The van der Waals surface area contributed by atoms with Gasteiger partial charge in [0.2, 0.25) is 0 Å². The molecule has 0 aliphatic rings. The molecule has 0 saturated heterocycles. The van der Waals surface area contributed by atoms with E-state index in [2.05, 4.69) is 0 Å². The molecular weight excluding hydrogens is 251 g/mol. The van der Waals surface area contributed by atoms with Crippen LogP contribution in [0.5, 0.6) is 5.75 Å². The topological polar surface area (TPSA) is 18.5 Å². The summed E-state index contributed by atoms with van der Waals surface area (Å²) in [5.74, 6) is -1.14. The van der Waals surface area contributed by atoms with Gasteiger partial charge in [-0.15, -0.1) is 5.46 Å². The smallest absolute Gasteiger partial charge is 0.491 e. The maximum Gasteiger partial charge on any atom is 0.509 e. The quantitative estimate of drug-likeness (QED) is 0.428. The Labute approximate surface area is 103 Å². The van der Waals surface area contributed by atoms with E-state index >= 15 is 0 Å². The van der Waals surface area contributed by atoms with Gasteiger partial charge in [-0.05, 0) is 25.0 Å². The van der Waals surface area contributed by atoms with Crippen LogP contribution in [0.4, 0.5) is 17.3 Å². The van der Waals surface area contributed by atoms with Gasteiger partial charge in [0.25, 0.3) is 0 Å². The van der Waals surface area contributed by atoms with Gasteiger partial charge in [-0.25, -0.2) is 4.39 Å². The van der Waals surface area contributed by atoms with Crippen molar-refractivity contribution in [3.8, 4) is 5.75 Å². The summed E-state index contributed by atoms with van der Waals surface area (Å²) in [6, 6.07) is 2.19. The average molecular weight is 265 g/mol. The minimum absolute atomic E-state index is 0.161. The van der Waals surface area contributed by atoms with Crippen molar-refractivity contribution >= 4 is 12.4 Å². The number of halogens is 4. The summed E-state index contributed by atoms with van der Waals surface area (Å²) in [4.78, 5) is 0. The zero-order valence-corrected chi connectivity index (χ0v) is 9.97. The molecular formula is C11H14BF4O2-. The van der Waals surface area contributed by atoms with Gasteiger partial charge in [0.1, 0.15) is 0 Å². The van der Waals surface area contributed by atoms with Crippen molar-refractivity contribution in [2.24, 2.45) is 0 Å². The lowest BCUT2D eigenvalue weighted by Crippen LogP contribution is -2.34. The molecule has 2 nitrogen and oxygen atoms in total. The fourth-order valence-corrected chi connectivity index (χ4v) is 1.36. The monoisotopic (exact) mass is 265 g/mol. The van der Waals surface area contributed by atoms with Crippen molar-refractivity contribution < 1.29 is 26.8 Å². The maximum atomic E-state index is 13.2. The van der Waals surface area contributed by atoms with Crippen LogP contribution in [0, 0.1) is 5.82 Å². The van der Waals surface area contributed by atoms with Gasteiger partial charge in [0, 0.05) is 13.7 Å². The van der Waals surface area contributed by atoms with Crippen LogP contribution in [-0.4, -0.2) is 27.3 Å². The Morgan fingerprint density at radius 1 is 1.11 bits per heavy atom. The Bertz CT molecular complexity index is 382. The van der Waals surface area contributed by atoms with Gasteiger partial charge in [0.05, 0.1) is 6.61 Å². The third-order valence-corrected chi connectivity index (χ3v) is 2.33. The van der Waals surface area contributed by atoms with Crippen molar-refractivity contribution in [2.75, 3.05) is 20.3 Å². The summed E-state index contributed by atoms with van der Waals surface area (Å²) >= 11 is 0. The highest BCUT2D eigenvalue weighted by Crippen LogP contribution is 2.18. The van der Waals surface area contributed by atoms with Crippen LogP contribution in [0.2, 0.25) is 0 Å². The highest BCUT2D eigenvalue weighted by atomic mass is 19.4. The molecule has 0 amide bonds. The molecule has 1 aromatic rings. The Hall–Kier alpha value is -1.24. The molecule has 18 heavy (non-hydrogen) atoms. The van der Waals surface area contributed by atoms with Crippen molar-refractivity contribution in [1.29, 1.82) is 0 Å². The largest absolute Gasteiger partial charge is 0.509 e. The molecule has 0 saturated carbocycles. The number of hydrogen-bond acceptors (Lipinski definition) is 2. The molecule has 0 aliphatic heterocycles. The zero-order valence-electron chi connectivity index (χ0n) is 9.97. The second-order valence-corrected chi connectivity index (χ2v) is 3.81. The van der Waals surface area contributed by atoms with E-state index < -0.39 is 18.3 Å². The predicted octanol–water partition coefficient (Wildman–Crippen LogP) is 2.69. The summed E-state index contributed by atoms with van der Waals surface area (Å²) in [6.07, 6.45) is 1.30. The lowest BCUT2D eigenvalue weighted by atomic mass is 9.80. The summed E-state index contributed by atoms with van der Waals surface area (Å²) in [5.41, 5.74) is -0.858. The van der Waals surface area contributed by atoms with Crippen LogP contribution in [0.1, 0.15) is 12.8 Å². The Balaban J connectivity index is 2.59. The number of hydrogen-bond donors (Lipinski definition) is 0. The van der Waals surface area contributed by atoms with Crippen molar-refractivity contribution in [1.82, 2.24) is 0 Å². The fraction of sp³-hybridized carbons (Fsp3) is 0.455. The number of rotatable bonds is 7. The first kappa shape index (κ1) is 14.8. The van der Waals surface area contributed by atoms with Gasteiger partial charge >= 0.3 is 6.98 Å². The average Bonchev–Trinajstić information content (AvgIpc) is 2.29. The molecule has 102 valence electrons. The Morgan fingerprint density at radius 3 is 2.39 bits per heavy atom. The number of unbranched alkanes of at least 4 members (excludes halogenated alkanes) is 1. The molecule has 0 spiro atoms. The highest BCUT2D eigenvalue weighted by Gasteiger charge is 2.26. The summed E-state index contributed by atoms with van der Waals surface area (Å²) in [5, 5.41) is 0. The van der Waals surface area contributed by atoms with E-state index in [-0.39, 0.29) is 12.4 Å². The summed E-state index contributed by atoms with van der Waals surface area (Å²) < 4.78 is 60.4. The minimum atomic E-state index is -5.14. The van der Waals surface area contributed by atoms with E-state index in [1.54, 1.807) is 7.11 Å². The second-order valence-electron chi connectivity index (χ2n) is 3.81. The molecule has 0 atom stereocenters. The molecule has 0 fully saturated rings. The Kier molecular flexibility index (Phi) is 5.46. The van der Waals surface area contributed by atoms with Crippen LogP contribution in [0.25, 0.3) is 0 Å². The Morgan fingerprint density at radius 2 is 1.78 bits per heavy atom. The molecule has 1 aromatic carbocycles. The maximum absolute atomic E-state index is 13.2. The fourth-order valence-electron chi connectivity index (χ4n) is 1.36. The lowest BCUT2D eigenvalue weighted by molar-refractivity contribution is 0.183. The molecule has 0 heterocycles. The third-order valence-electron chi connectivity index (χ3n) is 2.33. The lowest BCUT2D eigenvalue weighted by Gasteiger charge is -2.16. The van der Waals surface area contributed by atoms with Gasteiger partial charge in [-0.2, -0.15) is 0 Å². The third kappa shape index (κ3) is 4.56. The number of ether oxygens (including phenoxy) is 2. The van der Waals surface area contributed by atoms with E-state index in [1.165, 1.54) is 0 Å². The van der Waals surface area contributed by atoms with E-state index in [0.29, 0.717) is 31.6 Å². The second kappa shape index (κ2) is 6.63. The van der Waals surface area contributed by atoms with Crippen LogP contribution >= 0.6 is 0 Å². The van der Waals surface area contributed by atoms with E-state index in [9.17, 15) is 17.3 Å². The standard InChI is InChI=1S/C11H14BF4O2/c1-17-6-2-3-7-18-11-8-9(12(14,15)16)4-5-10(11)13/h4-5,8H,2-3,6-7H2,1H3/q-1. The molecule has 0 aromatic heterocycles. The van der Waals surface area contributed by atoms with Crippen molar-refractivity contribution in [3.63, 3.8) is 0 Å². The highest BCUT2D eigenvalue weighted by molar-refractivity contribution is 6.73. The van der Waals surface area contributed by atoms with Crippen LogP contribution in [-0.2, 0) is 4.74 Å². The van der Waals surface area contributed by atoms with Gasteiger partial charge in [0.15, 0.2) is 11.6 Å². The van der Waals surface area contributed by atoms with Crippen molar-refractivity contribution in [2.45, 2.75) is 12.8 Å². The molecule has 1 rings (SSSR count). The molecule has 0 aliphatic carbocycles. The first-order valence-electron chi connectivity index (χ1n) is 5.56. The minimum Gasteiger partial charge on any atom is -0.491 e. The normalized spacial score (nSPS) is 11.6. The zero-order chi connectivity index (χ0) is 13.6. The van der Waals surface area contributed by atoms with Crippen LogP contribution in [0.3, 0.4) is 0 Å². The number of methoxy groups -OCH3 is 1. The van der Waals surface area contributed by atoms with E-state index in [4.69, 9.17) is 9.47 Å². The van der Waals surface area contributed by atoms with Gasteiger partial charge < -0.3 is 22.4 Å². The summed E-state index contributed by atoms with van der Waals surface area (Å²) in [7, 11) is 1.55. The number of benzene rings is 1. The van der Waals surface area contributed by atoms with E-state index in [1.807, 2.05) is 0 Å². The predicted molar refractivity (Wildman–Crippen MR) is 61.7 cm³/mol. The molecule has 0 unspecified atom stereocenters. The first-order valence-corrected chi connectivity index (χ1v) is 5.56. The molecule has 7 heteroatoms. The van der Waals surface area contributed by atoms with Crippen molar-refractivity contribution in [3.05, 3.63) is 24.0 Å². The molecule has 0 bridgehead atoms. The van der Waals surface area contributed by atoms with Crippen LogP contribution < -0.4 is 10.2 Å². The van der Waals surface area contributed by atoms with E-state index in [0.717, 1.165) is 6.07 Å². The molecule has 0 N–H and O–H groups in total. The van der Waals surface area contributed by atoms with Gasteiger partial charge in [-0.1, -0.05) is 6.07 Å². The van der Waals surface area contributed by atoms with Gasteiger partial charge in [-0.3, -0.25) is 0 Å². The van der Waals surface area contributed by atoms with Crippen LogP contribution in [0.15, 0.2) is 18.2 Å². The molecule has 0 radical (unpaired) electrons. The first-order chi connectivity index (χ1) is 8.45. The summed E-state index contributed by atoms with van der Waals surface area (Å²) in [6.45, 7) is -4.43. The SMILES string of the molecule is COCCCCOc1cc([B-](F)(F)F)ccc1F.